The van der Waals surface area contributed by atoms with Gasteiger partial charge in [-0.05, 0) is 23.8 Å². The summed E-state index contributed by atoms with van der Waals surface area (Å²) in [6.07, 6.45) is 1.85. The highest BCUT2D eigenvalue weighted by Crippen LogP contribution is 2.47. The van der Waals surface area contributed by atoms with Crippen molar-refractivity contribution in [1.29, 1.82) is 0 Å². The van der Waals surface area contributed by atoms with Gasteiger partial charge in [-0.3, -0.25) is 14.5 Å². The lowest BCUT2D eigenvalue weighted by Gasteiger charge is -2.20. The van der Waals surface area contributed by atoms with Crippen molar-refractivity contribution in [2.24, 2.45) is 0 Å². The molecule has 1 aliphatic rings. The topological polar surface area (TPSA) is 185 Å². The summed E-state index contributed by atoms with van der Waals surface area (Å²) in [5, 5.41) is 21.1. The number of carbonyl (C=O) groups excluding carboxylic acids is 2. The maximum Gasteiger partial charge on any atom is 0.260 e. The number of hydrogen-bond acceptors (Lipinski definition) is 10. The molecule has 2 aromatic heterocycles. The Hall–Kier alpha value is -4.04. The molecule has 2 amide bonds. The summed E-state index contributed by atoms with van der Waals surface area (Å²) in [5.41, 5.74) is 7.36. The van der Waals surface area contributed by atoms with E-state index < -0.39 is 24.5 Å². The number of aliphatic hydroxyl groups excluding tert-OH is 2. The van der Waals surface area contributed by atoms with Gasteiger partial charge in [-0.25, -0.2) is 4.98 Å². The molecule has 0 aliphatic carbocycles. The number of carbonyl (C=O) groups is 2. The molecular weight excluding hydrogens is 567 g/mol. The largest absolute Gasteiger partial charge is 0.493 e. The van der Waals surface area contributed by atoms with Crippen molar-refractivity contribution < 1.29 is 34.0 Å². The van der Waals surface area contributed by atoms with Crippen molar-refractivity contribution in [3.8, 4) is 17.2 Å². The number of nitrogens with zero attached hydrogens (tertiary/aromatic N) is 3. The summed E-state index contributed by atoms with van der Waals surface area (Å²) in [5.74, 6) is -0.0774. The molecule has 15 heteroatoms. The van der Waals surface area contributed by atoms with Crippen molar-refractivity contribution in [3.05, 3.63) is 50.9 Å². The number of nitrogens with two attached hydrogens (primary N) is 1. The fraction of sp³-hybridized carbons (Fsp3) is 0.280. The second-order valence-electron chi connectivity index (χ2n) is 8.53. The minimum absolute atomic E-state index is 0.0388. The SMILES string of the molecule is COc1cc(CN2C(=O)/C(=C\c3cc(C(=O)NCC(O)CO)c[nH]3)c3c(Cl)nc(N)nc32)c(Cl)c(OC)c1OC. The Labute approximate surface area is 238 Å². The number of benzene rings is 1. The molecule has 3 heterocycles. The number of nitrogens with one attached hydrogen (secondary N) is 2. The first-order chi connectivity index (χ1) is 19.1. The third kappa shape index (κ3) is 5.49. The van der Waals surface area contributed by atoms with Crippen molar-refractivity contribution in [2.75, 3.05) is 45.1 Å². The normalized spacial score (nSPS) is 14.3. The number of aromatic nitrogens is 3. The van der Waals surface area contributed by atoms with Crippen LogP contribution in [0.3, 0.4) is 0 Å². The number of halogens is 2. The lowest BCUT2D eigenvalue weighted by atomic mass is 10.1. The van der Waals surface area contributed by atoms with Crippen LogP contribution in [0.5, 0.6) is 17.2 Å². The van der Waals surface area contributed by atoms with E-state index in [-0.39, 0.29) is 57.5 Å². The van der Waals surface area contributed by atoms with Gasteiger partial charge in [0.05, 0.1) is 62.3 Å². The van der Waals surface area contributed by atoms with E-state index in [0.29, 0.717) is 22.8 Å². The lowest BCUT2D eigenvalue weighted by Crippen LogP contribution is -2.33. The predicted octanol–water partition coefficient (Wildman–Crippen LogP) is 1.89. The molecule has 0 saturated heterocycles. The van der Waals surface area contributed by atoms with E-state index in [9.17, 15) is 14.7 Å². The average Bonchev–Trinajstić information content (AvgIpc) is 3.51. The van der Waals surface area contributed by atoms with Gasteiger partial charge in [-0.15, -0.1) is 0 Å². The zero-order valence-electron chi connectivity index (χ0n) is 21.6. The fourth-order valence-corrected chi connectivity index (χ4v) is 4.66. The van der Waals surface area contributed by atoms with Crippen molar-refractivity contribution >= 4 is 58.4 Å². The Morgan fingerprint density at radius 3 is 2.58 bits per heavy atom. The van der Waals surface area contributed by atoms with Gasteiger partial charge in [0.15, 0.2) is 17.3 Å². The number of rotatable bonds is 10. The Kier molecular flexibility index (Phi) is 8.69. The maximum atomic E-state index is 13.7. The van der Waals surface area contributed by atoms with Crippen LogP contribution in [0.25, 0.3) is 11.6 Å². The summed E-state index contributed by atoms with van der Waals surface area (Å²) in [6, 6.07) is 3.12. The monoisotopic (exact) mass is 592 g/mol. The zero-order chi connectivity index (χ0) is 29.1. The third-order valence-corrected chi connectivity index (χ3v) is 6.70. The van der Waals surface area contributed by atoms with Crippen molar-refractivity contribution in [2.45, 2.75) is 12.6 Å². The Balaban J connectivity index is 1.72. The highest BCUT2D eigenvalue weighted by molar-refractivity contribution is 6.41. The predicted molar refractivity (Wildman–Crippen MR) is 148 cm³/mol. The molecule has 212 valence electrons. The molecule has 6 N–H and O–H groups in total. The van der Waals surface area contributed by atoms with Crippen LogP contribution in [-0.2, 0) is 11.3 Å². The summed E-state index contributed by atoms with van der Waals surface area (Å²) < 4.78 is 16.2. The van der Waals surface area contributed by atoms with Gasteiger partial charge in [0, 0.05) is 18.4 Å². The fourth-order valence-electron chi connectivity index (χ4n) is 4.11. The molecular formula is C25H26Cl2N6O7. The van der Waals surface area contributed by atoms with Gasteiger partial charge in [-0.1, -0.05) is 23.2 Å². The highest BCUT2D eigenvalue weighted by Gasteiger charge is 2.38. The number of hydrogen-bond donors (Lipinski definition) is 5. The summed E-state index contributed by atoms with van der Waals surface area (Å²) in [4.78, 5) is 38.7. The molecule has 1 aromatic carbocycles. The van der Waals surface area contributed by atoms with E-state index in [2.05, 4.69) is 20.3 Å². The molecule has 0 fully saturated rings. The molecule has 13 nitrogen and oxygen atoms in total. The third-order valence-electron chi connectivity index (χ3n) is 6.01. The van der Waals surface area contributed by atoms with E-state index in [1.807, 2.05) is 0 Å². The summed E-state index contributed by atoms with van der Waals surface area (Å²) in [6.45, 7) is -0.676. The van der Waals surface area contributed by atoms with Gasteiger partial charge in [0.1, 0.15) is 5.15 Å². The zero-order valence-corrected chi connectivity index (χ0v) is 23.1. The van der Waals surface area contributed by atoms with Crippen LogP contribution in [0.2, 0.25) is 10.2 Å². The molecule has 0 spiro atoms. The van der Waals surface area contributed by atoms with Gasteiger partial charge in [0.2, 0.25) is 11.7 Å². The van der Waals surface area contributed by atoms with E-state index in [0.717, 1.165) is 0 Å². The number of anilines is 2. The summed E-state index contributed by atoms with van der Waals surface area (Å²) in [7, 11) is 4.33. The molecule has 40 heavy (non-hydrogen) atoms. The molecule has 1 aliphatic heterocycles. The standard InChI is InChI=1S/C25H26Cl2N6O7/c1-38-16-5-12(18(26)20(40-3)19(16)39-2)9-33-22-17(21(27)31-25(28)32-22)15(24(33)37)6-13-4-11(7-29-13)23(36)30-8-14(35)10-34/h4-7,14,29,34-35H,8-10H2,1-3H3,(H,30,36)(H2,28,31,32)/b15-6-. The Bertz CT molecular complexity index is 1490. The number of aromatic amines is 1. The van der Waals surface area contributed by atoms with Crippen LogP contribution >= 0.6 is 23.2 Å². The minimum atomic E-state index is -1.09. The smallest absolute Gasteiger partial charge is 0.260 e. The molecule has 0 bridgehead atoms. The molecule has 4 rings (SSSR count). The second-order valence-corrected chi connectivity index (χ2v) is 9.27. The Morgan fingerprint density at radius 2 is 1.93 bits per heavy atom. The quantitative estimate of drug-likeness (QED) is 0.172. The van der Waals surface area contributed by atoms with E-state index in [1.165, 1.54) is 44.6 Å². The van der Waals surface area contributed by atoms with Gasteiger partial charge < -0.3 is 40.5 Å². The van der Waals surface area contributed by atoms with E-state index in [1.54, 1.807) is 6.07 Å². The van der Waals surface area contributed by atoms with Gasteiger partial charge in [-0.2, -0.15) is 4.98 Å². The maximum absolute atomic E-state index is 13.7. The number of nitrogen functional groups attached to an aromatic ring is 1. The highest BCUT2D eigenvalue weighted by atomic mass is 35.5. The van der Waals surface area contributed by atoms with Gasteiger partial charge in [0.25, 0.3) is 11.8 Å². The molecule has 1 atom stereocenters. The molecule has 0 saturated carbocycles. The number of fused-ring (bicyclic) bond motifs is 1. The number of aliphatic hydroxyl groups is 2. The average molecular weight is 593 g/mol. The van der Waals surface area contributed by atoms with E-state index in [4.69, 9.17) is 48.3 Å². The van der Waals surface area contributed by atoms with Crippen LogP contribution in [0, 0.1) is 0 Å². The number of amides is 2. The van der Waals surface area contributed by atoms with Crippen LogP contribution < -0.4 is 30.2 Å². The van der Waals surface area contributed by atoms with Crippen molar-refractivity contribution in [3.63, 3.8) is 0 Å². The van der Waals surface area contributed by atoms with Gasteiger partial charge >= 0.3 is 0 Å². The molecule has 0 radical (unpaired) electrons. The van der Waals surface area contributed by atoms with Crippen LogP contribution in [0.4, 0.5) is 11.8 Å². The first kappa shape index (κ1) is 29.0. The van der Waals surface area contributed by atoms with Crippen molar-refractivity contribution in [1.82, 2.24) is 20.3 Å². The number of ether oxygens (including phenoxy) is 3. The van der Waals surface area contributed by atoms with Crippen LogP contribution in [-0.4, -0.2) is 77.6 Å². The Morgan fingerprint density at radius 1 is 1.20 bits per heavy atom. The first-order valence-electron chi connectivity index (χ1n) is 11.7. The molecule has 1 unspecified atom stereocenters. The molecule has 3 aromatic rings. The first-order valence-corrected chi connectivity index (χ1v) is 12.5. The second kappa shape index (κ2) is 12.0. The van der Waals surface area contributed by atoms with Crippen LogP contribution in [0.15, 0.2) is 18.3 Å². The minimum Gasteiger partial charge on any atom is -0.493 e. The van der Waals surface area contributed by atoms with Crippen LogP contribution in [0.1, 0.15) is 27.2 Å². The lowest BCUT2D eigenvalue weighted by molar-refractivity contribution is -0.113. The summed E-state index contributed by atoms with van der Waals surface area (Å²) >= 11 is 13.0. The number of H-pyrrole nitrogens is 1. The van der Waals surface area contributed by atoms with E-state index >= 15 is 0 Å². The number of methoxy groups -OCH3 is 3.